The summed E-state index contributed by atoms with van der Waals surface area (Å²) in [7, 11) is -1.18. The molecule has 0 aromatic heterocycles. The molecule has 5 heteroatoms. The molecule has 0 unspecified atom stereocenters. The Morgan fingerprint density at radius 2 is 1.57 bits per heavy atom. The highest BCUT2D eigenvalue weighted by Crippen LogP contribution is 2.16. The maximum atomic E-state index is 10.5. The van der Waals surface area contributed by atoms with Crippen LogP contribution in [0.3, 0.4) is 0 Å². The summed E-state index contributed by atoms with van der Waals surface area (Å²) in [6.07, 6.45) is 0.938. The Hall–Kier alpha value is -0.843. The Morgan fingerprint density at radius 3 is 1.86 bits per heavy atom. The molecule has 0 saturated carbocycles. The number of carbonyl (C=O) groups is 2. The minimum Gasteiger partial charge on any atom is -0.481 e. The molecule has 0 aromatic rings. The molecule has 0 amide bonds. The molecule has 0 spiro atoms. The summed E-state index contributed by atoms with van der Waals surface area (Å²) >= 11 is 0. The van der Waals surface area contributed by atoms with E-state index in [0.29, 0.717) is 6.42 Å². The second-order valence-electron chi connectivity index (χ2n) is 4.68. The lowest BCUT2D eigenvalue weighted by Gasteiger charge is -2.16. The number of aliphatic carboxylic acids is 2. The lowest BCUT2D eigenvalue weighted by molar-refractivity contribution is -0.154. The normalized spacial score (nSPS) is 11.7. The van der Waals surface area contributed by atoms with Crippen molar-refractivity contribution in [3.05, 3.63) is 0 Å². The lowest BCUT2D eigenvalue weighted by Crippen LogP contribution is -2.25. The SMILES string of the molecule is C[Si](C)(C)CCCC(C(=O)O)C(=O)O. The van der Waals surface area contributed by atoms with Gasteiger partial charge in [-0.15, -0.1) is 0 Å². The van der Waals surface area contributed by atoms with Crippen molar-refractivity contribution < 1.29 is 19.8 Å². The van der Waals surface area contributed by atoms with Gasteiger partial charge in [0.25, 0.3) is 0 Å². The molecule has 0 heterocycles. The number of hydrogen-bond acceptors (Lipinski definition) is 2. The zero-order chi connectivity index (χ0) is 11.4. The molecule has 0 radical (unpaired) electrons. The first-order valence-electron chi connectivity index (χ1n) is 4.69. The highest BCUT2D eigenvalue weighted by atomic mass is 28.3. The van der Waals surface area contributed by atoms with Crippen LogP contribution in [-0.2, 0) is 9.59 Å². The molecule has 14 heavy (non-hydrogen) atoms. The molecule has 2 N–H and O–H groups in total. The minimum atomic E-state index is -1.23. The van der Waals surface area contributed by atoms with Gasteiger partial charge in [0.1, 0.15) is 0 Å². The van der Waals surface area contributed by atoms with Crippen molar-refractivity contribution in [1.29, 1.82) is 0 Å². The summed E-state index contributed by atoms with van der Waals surface area (Å²) in [4.78, 5) is 21.1. The van der Waals surface area contributed by atoms with Crippen molar-refractivity contribution in [2.24, 2.45) is 5.92 Å². The van der Waals surface area contributed by atoms with Crippen LogP contribution in [0.1, 0.15) is 12.8 Å². The summed E-state index contributed by atoms with van der Waals surface area (Å²) in [6.45, 7) is 6.55. The number of hydrogen-bond donors (Lipinski definition) is 2. The highest BCUT2D eigenvalue weighted by Gasteiger charge is 2.25. The minimum absolute atomic E-state index is 0.245. The number of carboxylic acid groups (broad SMARTS) is 2. The van der Waals surface area contributed by atoms with Gasteiger partial charge in [0.05, 0.1) is 0 Å². The van der Waals surface area contributed by atoms with E-state index in [1.54, 1.807) is 0 Å². The smallest absolute Gasteiger partial charge is 0.317 e. The lowest BCUT2D eigenvalue weighted by atomic mass is 10.1. The largest absolute Gasteiger partial charge is 0.481 e. The zero-order valence-corrected chi connectivity index (χ0v) is 9.91. The van der Waals surface area contributed by atoms with Gasteiger partial charge in [0.15, 0.2) is 5.92 Å². The summed E-state index contributed by atoms with van der Waals surface area (Å²) in [5, 5.41) is 17.2. The third kappa shape index (κ3) is 5.74. The van der Waals surface area contributed by atoms with E-state index in [4.69, 9.17) is 10.2 Å². The van der Waals surface area contributed by atoms with E-state index < -0.39 is 25.9 Å². The molecule has 0 aliphatic rings. The van der Waals surface area contributed by atoms with E-state index in [1.165, 1.54) is 0 Å². The molecule has 0 bridgehead atoms. The molecule has 4 nitrogen and oxygen atoms in total. The van der Waals surface area contributed by atoms with E-state index >= 15 is 0 Å². The second-order valence-corrected chi connectivity index (χ2v) is 10.3. The monoisotopic (exact) mass is 218 g/mol. The Labute approximate surface area is 85.0 Å². The van der Waals surface area contributed by atoms with Crippen LogP contribution < -0.4 is 0 Å². The van der Waals surface area contributed by atoms with Crippen LogP contribution in [0, 0.1) is 5.92 Å². The average Bonchev–Trinajstić information content (AvgIpc) is 1.94. The summed E-state index contributed by atoms with van der Waals surface area (Å²) in [5.74, 6) is -3.69. The van der Waals surface area contributed by atoms with Gasteiger partial charge in [0, 0.05) is 8.07 Å². The molecule has 0 saturated heterocycles. The fourth-order valence-electron chi connectivity index (χ4n) is 1.19. The first-order valence-corrected chi connectivity index (χ1v) is 8.40. The van der Waals surface area contributed by atoms with Gasteiger partial charge in [-0.3, -0.25) is 9.59 Å². The molecule has 0 fully saturated rings. The summed E-state index contributed by atoms with van der Waals surface area (Å²) in [6, 6.07) is 0.976. The molecular formula is C9H18O4Si. The number of carboxylic acids is 2. The maximum Gasteiger partial charge on any atom is 0.317 e. The third-order valence-corrected chi connectivity index (χ3v) is 3.87. The fraction of sp³-hybridized carbons (Fsp3) is 0.778. The molecule has 0 aromatic carbocycles. The van der Waals surface area contributed by atoms with Crippen LogP contribution >= 0.6 is 0 Å². The third-order valence-electron chi connectivity index (χ3n) is 2.02. The Kier molecular flexibility index (Phi) is 4.83. The zero-order valence-electron chi connectivity index (χ0n) is 8.91. The molecular weight excluding hydrogens is 200 g/mol. The summed E-state index contributed by atoms with van der Waals surface area (Å²) in [5.41, 5.74) is 0. The summed E-state index contributed by atoms with van der Waals surface area (Å²) < 4.78 is 0. The topological polar surface area (TPSA) is 74.6 Å². The predicted molar refractivity (Wildman–Crippen MR) is 56.1 cm³/mol. The van der Waals surface area contributed by atoms with E-state index in [2.05, 4.69) is 19.6 Å². The van der Waals surface area contributed by atoms with Gasteiger partial charge in [-0.05, 0) is 6.42 Å². The van der Waals surface area contributed by atoms with Crippen molar-refractivity contribution in [3.8, 4) is 0 Å². The van der Waals surface area contributed by atoms with Crippen molar-refractivity contribution in [3.63, 3.8) is 0 Å². The van der Waals surface area contributed by atoms with Crippen LogP contribution in [0.25, 0.3) is 0 Å². The molecule has 0 rings (SSSR count). The first kappa shape index (κ1) is 13.2. The predicted octanol–water partition coefficient (Wildman–Crippen LogP) is 1.89. The van der Waals surface area contributed by atoms with Crippen molar-refractivity contribution in [1.82, 2.24) is 0 Å². The van der Waals surface area contributed by atoms with Gasteiger partial charge in [0.2, 0.25) is 0 Å². The van der Waals surface area contributed by atoms with Gasteiger partial charge in [-0.25, -0.2) is 0 Å². The van der Waals surface area contributed by atoms with E-state index in [1.807, 2.05) is 0 Å². The number of rotatable bonds is 6. The van der Waals surface area contributed by atoms with E-state index in [9.17, 15) is 9.59 Å². The van der Waals surface area contributed by atoms with Crippen LogP contribution in [0.15, 0.2) is 0 Å². The van der Waals surface area contributed by atoms with Crippen LogP contribution in [-0.4, -0.2) is 30.2 Å². The molecule has 82 valence electrons. The average molecular weight is 218 g/mol. The maximum absolute atomic E-state index is 10.5. The van der Waals surface area contributed by atoms with Crippen molar-refractivity contribution in [2.75, 3.05) is 0 Å². The Bertz CT molecular complexity index is 205. The van der Waals surface area contributed by atoms with Gasteiger partial charge < -0.3 is 10.2 Å². The Morgan fingerprint density at radius 1 is 1.14 bits per heavy atom. The van der Waals surface area contributed by atoms with Gasteiger partial charge in [-0.2, -0.15) is 0 Å². The highest BCUT2D eigenvalue weighted by molar-refractivity contribution is 6.76. The van der Waals surface area contributed by atoms with Crippen molar-refractivity contribution in [2.45, 2.75) is 38.5 Å². The van der Waals surface area contributed by atoms with E-state index in [-0.39, 0.29) is 6.42 Å². The first-order chi connectivity index (χ1) is 6.24. The second kappa shape index (κ2) is 5.14. The van der Waals surface area contributed by atoms with E-state index in [0.717, 1.165) is 6.04 Å². The quantitative estimate of drug-likeness (QED) is 0.527. The molecule has 0 aliphatic heterocycles. The van der Waals surface area contributed by atoms with Crippen LogP contribution in [0.4, 0.5) is 0 Å². The van der Waals surface area contributed by atoms with Gasteiger partial charge in [-0.1, -0.05) is 32.1 Å². The van der Waals surface area contributed by atoms with Crippen LogP contribution in [0.5, 0.6) is 0 Å². The molecule has 0 atom stereocenters. The molecule has 0 aliphatic carbocycles. The Balaban J connectivity index is 3.97. The fourth-order valence-corrected chi connectivity index (χ4v) is 2.45. The van der Waals surface area contributed by atoms with Crippen molar-refractivity contribution >= 4 is 20.0 Å². The standard InChI is InChI=1S/C9H18O4Si/c1-14(2,3)6-4-5-7(8(10)11)9(12)13/h7H,4-6H2,1-3H3,(H,10,11)(H,12,13). The van der Waals surface area contributed by atoms with Gasteiger partial charge >= 0.3 is 11.9 Å². The van der Waals surface area contributed by atoms with Crippen LogP contribution in [0.2, 0.25) is 25.7 Å².